The Labute approximate surface area is 113 Å². The number of thioether (sulfide) groups is 1. The second-order valence-electron chi connectivity index (χ2n) is 4.27. The lowest BCUT2D eigenvalue weighted by atomic mass is 10.1. The highest BCUT2D eigenvalue weighted by molar-refractivity contribution is 9.10. The van der Waals surface area contributed by atoms with Gasteiger partial charge in [-0.15, -0.1) is 0 Å². The molecule has 0 aromatic heterocycles. The van der Waals surface area contributed by atoms with Crippen LogP contribution in [-0.2, 0) is 0 Å². The van der Waals surface area contributed by atoms with E-state index in [-0.39, 0.29) is 5.54 Å². The van der Waals surface area contributed by atoms with Crippen molar-refractivity contribution in [3.8, 4) is 0 Å². The molecule has 0 bridgehead atoms. The van der Waals surface area contributed by atoms with E-state index in [2.05, 4.69) is 40.1 Å². The monoisotopic (exact) mass is 318 g/mol. The van der Waals surface area contributed by atoms with Crippen molar-refractivity contribution in [2.75, 3.05) is 11.1 Å². The number of rotatable bonds is 1. The normalized spacial score (nSPS) is 18.4. The van der Waals surface area contributed by atoms with Crippen molar-refractivity contribution in [1.29, 1.82) is 0 Å². The number of hydrogen-bond acceptors (Lipinski definition) is 3. The molecule has 5 heteroatoms. The summed E-state index contributed by atoms with van der Waals surface area (Å²) in [6.07, 6.45) is 0. The van der Waals surface area contributed by atoms with Crippen LogP contribution in [-0.4, -0.2) is 16.5 Å². The predicted molar refractivity (Wildman–Crippen MR) is 76.7 cm³/mol. The van der Waals surface area contributed by atoms with Gasteiger partial charge in [-0.25, -0.2) is 0 Å². The van der Waals surface area contributed by atoms with E-state index in [1.165, 1.54) is 0 Å². The standard InChI is InChI=1S/C11H12BrClN2S/c1-11(2)6-16-10(15-11)14-9-5-7(13)3-4-8(9)12/h3-5H,6H2,1-2H3,(H,14,15). The summed E-state index contributed by atoms with van der Waals surface area (Å²) in [7, 11) is 0. The summed E-state index contributed by atoms with van der Waals surface area (Å²) in [4.78, 5) is 4.59. The van der Waals surface area contributed by atoms with Gasteiger partial charge in [0.15, 0.2) is 5.17 Å². The van der Waals surface area contributed by atoms with Crippen LogP contribution in [0, 0.1) is 0 Å². The minimum Gasteiger partial charge on any atom is -0.334 e. The van der Waals surface area contributed by atoms with Crippen molar-refractivity contribution in [1.82, 2.24) is 0 Å². The second kappa shape index (κ2) is 4.59. The molecule has 0 aliphatic carbocycles. The van der Waals surface area contributed by atoms with Gasteiger partial charge in [-0.1, -0.05) is 23.4 Å². The van der Waals surface area contributed by atoms with E-state index in [9.17, 15) is 0 Å². The first-order chi connectivity index (χ1) is 7.46. The van der Waals surface area contributed by atoms with Gasteiger partial charge in [0.1, 0.15) is 0 Å². The van der Waals surface area contributed by atoms with Crippen LogP contribution in [0.15, 0.2) is 27.7 Å². The maximum atomic E-state index is 5.95. The summed E-state index contributed by atoms with van der Waals surface area (Å²) >= 11 is 11.2. The zero-order valence-corrected chi connectivity index (χ0v) is 12.2. The molecule has 1 aliphatic rings. The number of anilines is 1. The molecule has 1 aliphatic heterocycles. The number of benzene rings is 1. The largest absolute Gasteiger partial charge is 0.334 e. The molecule has 0 saturated heterocycles. The van der Waals surface area contributed by atoms with Crippen molar-refractivity contribution < 1.29 is 0 Å². The van der Waals surface area contributed by atoms with Gasteiger partial charge in [0, 0.05) is 15.2 Å². The number of nitrogens with zero attached hydrogens (tertiary/aromatic N) is 1. The fourth-order valence-corrected chi connectivity index (χ4v) is 2.92. The molecule has 0 saturated carbocycles. The lowest BCUT2D eigenvalue weighted by Gasteiger charge is -2.10. The molecule has 2 rings (SSSR count). The molecule has 1 aromatic rings. The third-order valence-corrected chi connectivity index (χ3v) is 4.38. The van der Waals surface area contributed by atoms with E-state index >= 15 is 0 Å². The Morgan fingerprint density at radius 2 is 2.25 bits per heavy atom. The van der Waals surface area contributed by atoms with Crippen LogP contribution >= 0.6 is 39.3 Å². The topological polar surface area (TPSA) is 24.4 Å². The minimum atomic E-state index is 0.0258. The summed E-state index contributed by atoms with van der Waals surface area (Å²) < 4.78 is 0.991. The van der Waals surface area contributed by atoms with Crippen LogP contribution < -0.4 is 5.32 Å². The van der Waals surface area contributed by atoms with Gasteiger partial charge < -0.3 is 5.32 Å². The Hall–Kier alpha value is -0.190. The Kier molecular flexibility index (Phi) is 3.52. The van der Waals surface area contributed by atoms with Crippen LogP contribution in [0.25, 0.3) is 0 Å². The Balaban J connectivity index is 2.19. The average Bonchev–Trinajstić information content (AvgIpc) is 2.52. The van der Waals surface area contributed by atoms with Crippen molar-refractivity contribution in [3.63, 3.8) is 0 Å². The van der Waals surface area contributed by atoms with Crippen LogP contribution in [0.4, 0.5) is 5.69 Å². The lowest BCUT2D eigenvalue weighted by Crippen LogP contribution is -2.15. The highest BCUT2D eigenvalue weighted by Crippen LogP contribution is 2.31. The zero-order valence-electron chi connectivity index (χ0n) is 9.05. The van der Waals surface area contributed by atoms with Gasteiger partial charge in [0.25, 0.3) is 0 Å². The number of hydrogen-bond donors (Lipinski definition) is 1. The average molecular weight is 320 g/mol. The molecular formula is C11H12BrClN2S. The van der Waals surface area contributed by atoms with E-state index in [1.807, 2.05) is 18.2 Å². The van der Waals surface area contributed by atoms with Crippen molar-refractivity contribution in [3.05, 3.63) is 27.7 Å². The number of halogens is 2. The highest BCUT2D eigenvalue weighted by Gasteiger charge is 2.25. The first-order valence-corrected chi connectivity index (χ1v) is 7.07. The van der Waals surface area contributed by atoms with Crippen molar-refractivity contribution in [2.45, 2.75) is 19.4 Å². The van der Waals surface area contributed by atoms with Crippen LogP contribution in [0.1, 0.15) is 13.8 Å². The fourth-order valence-electron chi connectivity index (χ4n) is 1.36. The Bertz CT molecular complexity index is 446. The quantitative estimate of drug-likeness (QED) is 0.830. The maximum Gasteiger partial charge on any atom is 0.161 e. The molecule has 0 unspecified atom stereocenters. The molecule has 0 atom stereocenters. The highest BCUT2D eigenvalue weighted by atomic mass is 79.9. The van der Waals surface area contributed by atoms with Crippen molar-refractivity contribution >= 4 is 50.1 Å². The first-order valence-electron chi connectivity index (χ1n) is 4.91. The SMILES string of the molecule is CC1(C)CSC(Nc2cc(Cl)ccc2Br)=N1. The Morgan fingerprint density at radius 1 is 1.50 bits per heavy atom. The maximum absolute atomic E-state index is 5.95. The molecule has 0 spiro atoms. The second-order valence-corrected chi connectivity index (χ2v) is 6.52. The van der Waals surface area contributed by atoms with Gasteiger partial charge in [-0.05, 0) is 48.0 Å². The number of amidine groups is 1. The summed E-state index contributed by atoms with van der Waals surface area (Å²) in [6.45, 7) is 4.25. The minimum absolute atomic E-state index is 0.0258. The van der Waals surface area contributed by atoms with E-state index in [0.29, 0.717) is 5.02 Å². The zero-order chi connectivity index (χ0) is 11.8. The summed E-state index contributed by atoms with van der Waals surface area (Å²) in [6, 6.07) is 5.67. The van der Waals surface area contributed by atoms with Gasteiger partial charge in [0.05, 0.1) is 11.2 Å². The molecule has 1 heterocycles. The summed E-state index contributed by atoms with van der Waals surface area (Å²) in [5, 5.41) is 4.96. The van der Waals surface area contributed by atoms with E-state index in [0.717, 1.165) is 21.1 Å². The van der Waals surface area contributed by atoms with E-state index in [1.54, 1.807) is 11.8 Å². The molecule has 86 valence electrons. The Morgan fingerprint density at radius 3 is 2.88 bits per heavy atom. The van der Waals surface area contributed by atoms with E-state index in [4.69, 9.17) is 11.6 Å². The van der Waals surface area contributed by atoms with Gasteiger partial charge in [0.2, 0.25) is 0 Å². The molecule has 2 nitrogen and oxygen atoms in total. The smallest absolute Gasteiger partial charge is 0.161 e. The van der Waals surface area contributed by atoms with Gasteiger partial charge in [-0.2, -0.15) is 0 Å². The van der Waals surface area contributed by atoms with Crippen LogP contribution in [0.3, 0.4) is 0 Å². The van der Waals surface area contributed by atoms with Crippen LogP contribution in [0.2, 0.25) is 5.02 Å². The summed E-state index contributed by atoms with van der Waals surface area (Å²) in [5.41, 5.74) is 0.981. The van der Waals surface area contributed by atoms with Crippen LogP contribution in [0.5, 0.6) is 0 Å². The summed E-state index contributed by atoms with van der Waals surface area (Å²) in [5.74, 6) is 1.01. The number of nitrogens with one attached hydrogen (secondary N) is 1. The van der Waals surface area contributed by atoms with Gasteiger partial charge in [-0.3, -0.25) is 4.99 Å². The third kappa shape index (κ3) is 2.93. The first kappa shape index (κ1) is 12.3. The predicted octanol–water partition coefficient (Wildman–Crippen LogP) is 4.40. The van der Waals surface area contributed by atoms with Gasteiger partial charge >= 0.3 is 0 Å². The molecule has 16 heavy (non-hydrogen) atoms. The fraction of sp³-hybridized carbons (Fsp3) is 0.364. The molecule has 0 radical (unpaired) electrons. The molecular weight excluding hydrogens is 308 g/mol. The lowest BCUT2D eigenvalue weighted by molar-refractivity contribution is 0.605. The molecule has 1 N–H and O–H groups in total. The third-order valence-electron chi connectivity index (χ3n) is 2.14. The van der Waals surface area contributed by atoms with E-state index < -0.39 is 0 Å². The number of aliphatic imine (C=N–C) groups is 1. The van der Waals surface area contributed by atoms with Crippen molar-refractivity contribution in [2.24, 2.45) is 4.99 Å². The molecule has 0 fully saturated rings. The molecule has 0 amide bonds. The molecule has 1 aromatic carbocycles.